The molecule has 4 aromatic rings. The second-order valence-electron chi connectivity index (χ2n) is 10.2. The number of benzene rings is 4. The van der Waals surface area contributed by atoms with Crippen LogP contribution in [0.4, 0.5) is 5.69 Å². The second kappa shape index (κ2) is 14.8. The molecule has 4 rings (SSSR count). The number of carbonyl (C=O) groups excluding carboxylic acids is 2. The van der Waals surface area contributed by atoms with Crippen LogP contribution in [0.3, 0.4) is 0 Å². The third-order valence-corrected chi connectivity index (χ3v) is 9.19. The number of rotatable bonds is 13. The first-order valence-electron chi connectivity index (χ1n) is 14.2. The summed E-state index contributed by atoms with van der Waals surface area (Å²) in [7, 11) is -4.15. The zero-order valence-electron chi connectivity index (χ0n) is 24.3. The molecule has 0 aromatic heterocycles. The molecule has 1 atom stereocenters. The van der Waals surface area contributed by atoms with E-state index < -0.39 is 28.5 Å². The van der Waals surface area contributed by atoms with E-state index in [4.69, 9.17) is 11.6 Å². The van der Waals surface area contributed by atoms with Crippen molar-refractivity contribution in [2.45, 2.75) is 44.2 Å². The van der Waals surface area contributed by atoms with Crippen LogP contribution in [0.5, 0.6) is 0 Å². The van der Waals surface area contributed by atoms with Crippen molar-refractivity contribution >= 4 is 39.1 Å². The average Bonchev–Trinajstić information content (AvgIpc) is 3.02. The molecule has 0 bridgehead atoms. The molecule has 0 saturated carbocycles. The van der Waals surface area contributed by atoms with E-state index in [2.05, 4.69) is 5.32 Å². The molecule has 43 heavy (non-hydrogen) atoms. The Kier molecular flexibility index (Phi) is 11.0. The predicted octanol–water partition coefficient (Wildman–Crippen LogP) is 6.01. The van der Waals surface area contributed by atoms with Crippen LogP contribution in [0.1, 0.15) is 30.0 Å². The lowest BCUT2D eigenvalue weighted by molar-refractivity contribution is -0.140. The number of hydrogen-bond donors (Lipinski definition) is 1. The van der Waals surface area contributed by atoms with Gasteiger partial charge in [0.25, 0.3) is 10.0 Å². The molecule has 7 nitrogen and oxygen atoms in total. The van der Waals surface area contributed by atoms with Gasteiger partial charge in [0.1, 0.15) is 12.6 Å². The first-order chi connectivity index (χ1) is 20.7. The molecule has 0 aliphatic rings. The number of sulfonamides is 1. The van der Waals surface area contributed by atoms with Gasteiger partial charge in [0.2, 0.25) is 11.8 Å². The normalized spacial score (nSPS) is 11.9. The molecule has 0 saturated heterocycles. The minimum Gasteiger partial charge on any atom is -0.354 e. The van der Waals surface area contributed by atoms with E-state index in [0.29, 0.717) is 11.6 Å². The van der Waals surface area contributed by atoms with Gasteiger partial charge in [0.05, 0.1) is 10.6 Å². The fourth-order valence-corrected chi connectivity index (χ4v) is 6.31. The Labute approximate surface area is 259 Å². The number of anilines is 1. The van der Waals surface area contributed by atoms with Gasteiger partial charge in [-0.15, -0.1) is 0 Å². The number of hydrogen-bond acceptors (Lipinski definition) is 4. The molecule has 0 heterocycles. The van der Waals surface area contributed by atoms with Gasteiger partial charge in [0.15, 0.2) is 0 Å². The third-order valence-electron chi connectivity index (χ3n) is 7.15. The standard InChI is InChI=1S/C34H36ClN3O4S/c1-3-22-36-34(40)32(23-27-13-6-4-7-14-27)37(24-28-15-11-10-12-26(28)2)33(39)25-38(30-20-18-29(35)19-21-30)43(41,42)31-16-8-5-9-17-31/h4-21,32H,3,22-25H2,1-2H3,(H,36,40). The maximum Gasteiger partial charge on any atom is 0.264 e. The van der Waals surface area contributed by atoms with Gasteiger partial charge in [-0.3, -0.25) is 13.9 Å². The van der Waals surface area contributed by atoms with E-state index in [1.165, 1.54) is 17.0 Å². The molecule has 9 heteroatoms. The Balaban J connectivity index is 1.79. The van der Waals surface area contributed by atoms with Crippen molar-refractivity contribution in [2.75, 3.05) is 17.4 Å². The number of nitrogens with zero attached hydrogens (tertiary/aromatic N) is 2. The van der Waals surface area contributed by atoms with Crippen molar-refractivity contribution in [2.24, 2.45) is 0 Å². The number of amides is 2. The SMILES string of the molecule is CCCNC(=O)C(Cc1ccccc1)N(Cc1ccccc1C)C(=O)CN(c1ccc(Cl)cc1)S(=O)(=O)c1ccccc1. The van der Waals surface area contributed by atoms with Crippen LogP contribution in [0.2, 0.25) is 5.02 Å². The van der Waals surface area contributed by atoms with E-state index in [0.717, 1.165) is 27.4 Å². The van der Waals surface area contributed by atoms with Crippen molar-refractivity contribution in [1.29, 1.82) is 0 Å². The van der Waals surface area contributed by atoms with Crippen molar-refractivity contribution in [3.05, 3.63) is 131 Å². The molecule has 2 amide bonds. The van der Waals surface area contributed by atoms with Crippen LogP contribution < -0.4 is 9.62 Å². The summed E-state index contributed by atoms with van der Waals surface area (Å²) in [6, 6.07) is 30.5. The Morgan fingerprint density at radius 1 is 0.837 bits per heavy atom. The predicted molar refractivity (Wildman–Crippen MR) is 171 cm³/mol. The molecule has 4 aromatic carbocycles. The Morgan fingerprint density at radius 2 is 1.44 bits per heavy atom. The summed E-state index contributed by atoms with van der Waals surface area (Å²) in [6.07, 6.45) is 0.996. The van der Waals surface area contributed by atoms with E-state index >= 15 is 0 Å². The summed E-state index contributed by atoms with van der Waals surface area (Å²) in [6.45, 7) is 3.97. The van der Waals surface area contributed by atoms with Crippen molar-refractivity contribution in [3.63, 3.8) is 0 Å². The number of aryl methyl sites for hydroxylation is 1. The lowest BCUT2D eigenvalue weighted by Gasteiger charge is -2.34. The number of carbonyl (C=O) groups is 2. The van der Waals surface area contributed by atoms with Crippen molar-refractivity contribution in [1.82, 2.24) is 10.2 Å². The average molecular weight is 618 g/mol. The minimum absolute atomic E-state index is 0.0460. The topological polar surface area (TPSA) is 86.8 Å². The van der Waals surface area contributed by atoms with Crippen LogP contribution in [0.25, 0.3) is 0 Å². The summed E-state index contributed by atoms with van der Waals surface area (Å²) in [4.78, 5) is 29.6. The highest BCUT2D eigenvalue weighted by atomic mass is 35.5. The number of nitrogens with one attached hydrogen (secondary N) is 1. The third kappa shape index (κ3) is 8.24. The summed E-state index contributed by atoms with van der Waals surface area (Å²) in [5, 5.41) is 3.39. The number of halogens is 1. The van der Waals surface area contributed by atoms with Gasteiger partial charge in [-0.1, -0.05) is 91.3 Å². The first kappa shape index (κ1) is 31.8. The Hall–Kier alpha value is -4.14. The van der Waals surface area contributed by atoms with Gasteiger partial charge in [0, 0.05) is 24.5 Å². The Bertz CT molecular complexity index is 1610. The molecular weight excluding hydrogens is 582 g/mol. The van der Waals surface area contributed by atoms with E-state index in [-0.39, 0.29) is 29.5 Å². The largest absolute Gasteiger partial charge is 0.354 e. The maximum absolute atomic E-state index is 14.4. The lowest BCUT2D eigenvalue weighted by Crippen LogP contribution is -2.53. The van der Waals surface area contributed by atoms with Crippen LogP contribution in [0, 0.1) is 6.92 Å². The highest BCUT2D eigenvalue weighted by molar-refractivity contribution is 7.92. The van der Waals surface area contributed by atoms with Gasteiger partial charge in [-0.05, 0) is 66.4 Å². The molecule has 0 radical (unpaired) electrons. The summed E-state index contributed by atoms with van der Waals surface area (Å²) < 4.78 is 29.0. The first-order valence-corrected chi connectivity index (χ1v) is 16.0. The molecule has 1 N–H and O–H groups in total. The van der Waals surface area contributed by atoms with Crippen LogP contribution in [0.15, 0.2) is 114 Å². The van der Waals surface area contributed by atoms with Crippen molar-refractivity contribution < 1.29 is 18.0 Å². The summed E-state index contributed by atoms with van der Waals surface area (Å²) >= 11 is 6.12. The summed E-state index contributed by atoms with van der Waals surface area (Å²) in [5.41, 5.74) is 2.99. The zero-order valence-corrected chi connectivity index (χ0v) is 25.9. The lowest BCUT2D eigenvalue weighted by atomic mass is 10.0. The van der Waals surface area contributed by atoms with Gasteiger partial charge in [-0.25, -0.2) is 8.42 Å². The zero-order chi connectivity index (χ0) is 30.8. The van der Waals surface area contributed by atoms with Crippen molar-refractivity contribution in [3.8, 4) is 0 Å². The molecule has 1 unspecified atom stereocenters. The van der Waals surface area contributed by atoms with Gasteiger partial charge >= 0.3 is 0 Å². The van der Waals surface area contributed by atoms with Crippen LogP contribution >= 0.6 is 11.6 Å². The quantitative estimate of drug-likeness (QED) is 0.199. The highest BCUT2D eigenvalue weighted by Crippen LogP contribution is 2.26. The molecule has 0 spiro atoms. The van der Waals surface area contributed by atoms with E-state index in [9.17, 15) is 18.0 Å². The smallest absolute Gasteiger partial charge is 0.264 e. The van der Waals surface area contributed by atoms with E-state index in [1.807, 2.05) is 68.4 Å². The molecule has 0 fully saturated rings. The molecular formula is C34H36ClN3O4S. The van der Waals surface area contributed by atoms with Crippen LogP contribution in [-0.4, -0.2) is 44.3 Å². The Morgan fingerprint density at radius 3 is 2.07 bits per heavy atom. The summed E-state index contributed by atoms with van der Waals surface area (Å²) in [5.74, 6) is -0.804. The molecule has 0 aliphatic heterocycles. The highest BCUT2D eigenvalue weighted by Gasteiger charge is 2.34. The maximum atomic E-state index is 14.4. The van der Waals surface area contributed by atoms with Crippen LogP contribution in [-0.2, 0) is 32.6 Å². The van der Waals surface area contributed by atoms with Gasteiger partial charge in [-0.2, -0.15) is 0 Å². The van der Waals surface area contributed by atoms with Gasteiger partial charge < -0.3 is 10.2 Å². The monoisotopic (exact) mass is 617 g/mol. The fourth-order valence-electron chi connectivity index (χ4n) is 4.75. The molecule has 224 valence electrons. The van der Waals surface area contributed by atoms with E-state index in [1.54, 1.807) is 42.5 Å². The fraction of sp³-hybridized carbons (Fsp3) is 0.235. The molecule has 0 aliphatic carbocycles. The second-order valence-corrected chi connectivity index (χ2v) is 12.5. The minimum atomic E-state index is -4.15.